The smallest absolute Gasteiger partial charge is 0.210 e. The SMILES string of the molecule is O=CN1CC(F)C1c1ccc2ncnn2c1. The van der Waals surface area contributed by atoms with Crippen molar-refractivity contribution in [1.29, 1.82) is 0 Å². The molecule has 6 heteroatoms. The number of likely N-dealkylation sites (tertiary alicyclic amines) is 1. The fraction of sp³-hybridized carbons (Fsp3) is 0.300. The number of carbonyl (C=O) groups excluding carboxylic acids is 1. The molecule has 1 fully saturated rings. The number of hydrogen-bond acceptors (Lipinski definition) is 3. The predicted molar refractivity (Wildman–Crippen MR) is 53.4 cm³/mol. The van der Waals surface area contributed by atoms with Crippen LogP contribution in [0.4, 0.5) is 4.39 Å². The Balaban J connectivity index is 2.01. The molecule has 2 unspecified atom stereocenters. The van der Waals surface area contributed by atoms with E-state index in [9.17, 15) is 9.18 Å². The molecule has 0 aliphatic carbocycles. The van der Waals surface area contributed by atoms with E-state index in [2.05, 4.69) is 10.1 Å². The van der Waals surface area contributed by atoms with Gasteiger partial charge >= 0.3 is 0 Å². The Kier molecular flexibility index (Phi) is 1.89. The lowest BCUT2D eigenvalue weighted by molar-refractivity contribution is -0.131. The molecule has 1 aliphatic rings. The van der Waals surface area contributed by atoms with Crippen LogP contribution >= 0.6 is 0 Å². The summed E-state index contributed by atoms with van der Waals surface area (Å²) in [5.41, 5.74) is 1.44. The van der Waals surface area contributed by atoms with E-state index in [0.717, 1.165) is 5.56 Å². The number of rotatable bonds is 2. The van der Waals surface area contributed by atoms with Crippen LogP contribution in [0.15, 0.2) is 24.7 Å². The van der Waals surface area contributed by atoms with Crippen LogP contribution in [0.2, 0.25) is 0 Å². The lowest BCUT2D eigenvalue weighted by atomic mass is 9.95. The van der Waals surface area contributed by atoms with Gasteiger partial charge in [0.05, 0.1) is 12.6 Å². The van der Waals surface area contributed by atoms with Gasteiger partial charge in [0.1, 0.15) is 12.5 Å². The van der Waals surface area contributed by atoms with Gasteiger partial charge in [0.25, 0.3) is 0 Å². The first-order valence-corrected chi connectivity index (χ1v) is 4.94. The molecule has 16 heavy (non-hydrogen) atoms. The lowest BCUT2D eigenvalue weighted by Crippen LogP contribution is -2.50. The Labute approximate surface area is 90.5 Å². The van der Waals surface area contributed by atoms with Crippen molar-refractivity contribution in [3.63, 3.8) is 0 Å². The number of fused-ring (bicyclic) bond motifs is 1. The van der Waals surface area contributed by atoms with Gasteiger partial charge < -0.3 is 4.90 Å². The number of hydrogen-bond donors (Lipinski definition) is 0. The highest BCUT2D eigenvalue weighted by molar-refractivity contribution is 5.52. The first-order chi connectivity index (χ1) is 7.79. The molecule has 0 spiro atoms. The monoisotopic (exact) mass is 220 g/mol. The standard InChI is InChI=1S/C10H9FN4O/c11-8-4-14(6-16)10(8)7-1-2-9-12-5-13-15(9)3-7/h1-3,5-6,8,10H,4H2. The molecule has 0 aromatic carbocycles. The Morgan fingerprint density at radius 1 is 1.50 bits per heavy atom. The lowest BCUT2D eigenvalue weighted by Gasteiger charge is -2.41. The van der Waals surface area contributed by atoms with Gasteiger partial charge in [-0.2, -0.15) is 5.10 Å². The molecular formula is C10H9FN4O. The molecule has 2 atom stereocenters. The Hall–Kier alpha value is -1.98. The van der Waals surface area contributed by atoms with E-state index in [-0.39, 0.29) is 6.54 Å². The van der Waals surface area contributed by atoms with Crippen LogP contribution in [0.25, 0.3) is 5.65 Å². The van der Waals surface area contributed by atoms with E-state index < -0.39 is 12.2 Å². The summed E-state index contributed by atoms with van der Waals surface area (Å²) in [6.45, 7) is 0.170. The van der Waals surface area contributed by atoms with Crippen LogP contribution in [0.3, 0.4) is 0 Å². The molecule has 1 saturated heterocycles. The van der Waals surface area contributed by atoms with Gasteiger partial charge in [-0.1, -0.05) is 6.07 Å². The molecular weight excluding hydrogens is 211 g/mol. The third-order valence-corrected chi connectivity index (χ3v) is 2.86. The maximum absolute atomic E-state index is 13.4. The van der Waals surface area contributed by atoms with Crippen molar-refractivity contribution in [3.05, 3.63) is 30.2 Å². The zero-order valence-electron chi connectivity index (χ0n) is 8.32. The zero-order valence-corrected chi connectivity index (χ0v) is 8.32. The minimum Gasteiger partial charge on any atom is -0.332 e. The molecule has 2 aromatic rings. The number of halogens is 1. The first-order valence-electron chi connectivity index (χ1n) is 4.94. The van der Waals surface area contributed by atoms with Gasteiger partial charge in [0.2, 0.25) is 6.41 Å². The Morgan fingerprint density at radius 3 is 3.12 bits per heavy atom. The third kappa shape index (κ3) is 1.19. The van der Waals surface area contributed by atoms with Crippen molar-refractivity contribution in [1.82, 2.24) is 19.5 Å². The summed E-state index contributed by atoms with van der Waals surface area (Å²) >= 11 is 0. The fourth-order valence-corrected chi connectivity index (χ4v) is 2.00. The summed E-state index contributed by atoms with van der Waals surface area (Å²) in [6, 6.07) is 3.05. The van der Waals surface area contributed by atoms with E-state index in [1.54, 1.807) is 22.8 Å². The average Bonchev–Trinajstić information content (AvgIpc) is 2.72. The van der Waals surface area contributed by atoms with Gasteiger partial charge in [0.15, 0.2) is 5.65 Å². The summed E-state index contributed by atoms with van der Waals surface area (Å²) in [6.07, 6.45) is 2.82. The average molecular weight is 220 g/mol. The molecule has 0 N–H and O–H groups in total. The van der Waals surface area contributed by atoms with Gasteiger partial charge in [-0.05, 0) is 11.6 Å². The maximum Gasteiger partial charge on any atom is 0.210 e. The molecule has 5 nitrogen and oxygen atoms in total. The minimum absolute atomic E-state index is 0.170. The minimum atomic E-state index is -0.994. The van der Waals surface area contributed by atoms with Crippen LogP contribution in [-0.4, -0.2) is 38.6 Å². The molecule has 0 saturated carbocycles. The van der Waals surface area contributed by atoms with Crippen molar-refractivity contribution < 1.29 is 9.18 Å². The summed E-state index contributed by atoms with van der Waals surface area (Å²) in [5, 5.41) is 3.97. The largest absolute Gasteiger partial charge is 0.332 e. The van der Waals surface area contributed by atoms with E-state index in [4.69, 9.17) is 0 Å². The van der Waals surface area contributed by atoms with Crippen molar-refractivity contribution in [2.24, 2.45) is 0 Å². The highest BCUT2D eigenvalue weighted by atomic mass is 19.1. The van der Waals surface area contributed by atoms with Crippen LogP contribution in [0.5, 0.6) is 0 Å². The summed E-state index contributed by atoms with van der Waals surface area (Å²) in [4.78, 5) is 16.1. The van der Waals surface area contributed by atoms with Crippen molar-refractivity contribution >= 4 is 12.1 Å². The van der Waals surface area contributed by atoms with Gasteiger partial charge in [0, 0.05) is 6.20 Å². The Morgan fingerprint density at radius 2 is 2.38 bits per heavy atom. The van der Waals surface area contributed by atoms with Gasteiger partial charge in [-0.15, -0.1) is 0 Å². The number of amides is 1. The topological polar surface area (TPSA) is 50.5 Å². The molecule has 0 radical (unpaired) electrons. The number of nitrogens with zero attached hydrogens (tertiary/aromatic N) is 4. The van der Waals surface area contributed by atoms with Crippen LogP contribution in [0, 0.1) is 0 Å². The van der Waals surface area contributed by atoms with Crippen molar-refractivity contribution in [2.45, 2.75) is 12.2 Å². The molecule has 0 bridgehead atoms. The molecule has 2 aromatic heterocycles. The predicted octanol–water partition coefficient (Wildman–Crippen LogP) is 0.580. The Bertz CT molecular complexity index is 540. The highest BCUT2D eigenvalue weighted by Gasteiger charge is 2.39. The normalized spacial score (nSPS) is 24.4. The van der Waals surface area contributed by atoms with E-state index in [1.807, 2.05) is 0 Å². The number of aromatic nitrogens is 3. The van der Waals surface area contributed by atoms with E-state index in [1.165, 1.54) is 11.2 Å². The van der Waals surface area contributed by atoms with E-state index >= 15 is 0 Å². The van der Waals surface area contributed by atoms with Gasteiger partial charge in [-0.25, -0.2) is 13.9 Å². The first kappa shape index (κ1) is 9.26. The van der Waals surface area contributed by atoms with Crippen LogP contribution in [0.1, 0.15) is 11.6 Å². The summed E-state index contributed by atoms with van der Waals surface area (Å²) < 4.78 is 15.0. The highest BCUT2D eigenvalue weighted by Crippen LogP contribution is 2.34. The second kappa shape index (κ2) is 3.26. The van der Waals surface area contributed by atoms with Crippen LogP contribution < -0.4 is 0 Å². The second-order valence-corrected chi connectivity index (χ2v) is 3.79. The molecule has 82 valence electrons. The second-order valence-electron chi connectivity index (χ2n) is 3.79. The molecule has 3 heterocycles. The van der Waals surface area contributed by atoms with Crippen molar-refractivity contribution in [3.8, 4) is 0 Å². The summed E-state index contributed by atoms with van der Waals surface area (Å²) in [5.74, 6) is 0. The van der Waals surface area contributed by atoms with Crippen LogP contribution in [-0.2, 0) is 4.79 Å². The van der Waals surface area contributed by atoms with Gasteiger partial charge in [-0.3, -0.25) is 4.79 Å². The zero-order chi connectivity index (χ0) is 11.1. The number of pyridine rings is 1. The third-order valence-electron chi connectivity index (χ3n) is 2.86. The summed E-state index contributed by atoms with van der Waals surface area (Å²) in [7, 11) is 0. The maximum atomic E-state index is 13.4. The molecule has 1 aliphatic heterocycles. The molecule has 3 rings (SSSR count). The number of alkyl halides is 1. The quantitative estimate of drug-likeness (QED) is 0.695. The van der Waals surface area contributed by atoms with E-state index in [0.29, 0.717) is 12.1 Å². The number of carbonyl (C=O) groups is 1. The fourth-order valence-electron chi connectivity index (χ4n) is 2.00. The van der Waals surface area contributed by atoms with Crippen molar-refractivity contribution in [2.75, 3.05) is 6.54 Å². The molecule has 1 amide bonds.